The molecule has 218 valence electrons. The van der Waals surface area contributed by atoms with Crippen molar-refractivity contribution >= 4 is 34.3 Å². The summed E-state index contributed by atoms with van der Waals surface area (Å²) < 4.78 is 21.0. The van der Waals surface area contributed by atoms with Crippen LogP contribution in [0.1, 0.15) is 39.2 Å². The van der Waals surface area contributed by atoms with E-state index in [2.05, 4.69) is 36.0 Å². The Labute approximate surface area is 245 Å². The topological polar surface area (TPSA) is 71.8 Å². The number of halogens is 1. The molecule has 2 heterocycles. The summed E-state index contributed by atoms with van der Waals surface area (Å²) in [5.74, 6) is 5.32. The molecule has 4 aliphatic rings. The van der Waals surface area contributed by atoms with Crippen LogP contribution >= 0.6 is 11.8 Å². The van der Waals surface area contributed by atoms with Gasteiger partial charge in [-0.1, -0.05) is 26.8 Å². The van der Waals surface area contributed by atoms with E-state index in [0.717, 1.165) is 54.5 Å². The number of rotatable bonds is 6. The van der Waals surface area contributed by atoms with Crippen LogP contribution < -0.4 is 15.6 Å². The van der Waals surface area contributed by atoms with Gasteiger partial charge < -0.3 is 15.0 Å². The van der Waals surface area contributed by atoms with Gasteiger partial charge in [0.2, 0.25) is 0 Å². The number of thioether (sulfide) groups is 1. The third-order valence-corrected chi connectivity index (χ3v) is 10.8. The molecular formula is C32H40FN5O2S. The fourth-order valence-electron chi connectivity index (χ4n) is 7.04. The minimum Gasteiger partial charge on any atom is -0.497 e. The number of fused-ring (bicyclic) bond motifs is 3. The Morgan fingerprint density at radius 1 is 1.20 bits per heavy atom. The average molecular weight is 578 g/mol. The van der Waals surface area contributed by atoms with Crippen molar-refractivity contribution in [1.82, 2.24) is 14.5 Å². The standard InChI is InChI=1S/C32H40FN5O2S/c1-20-26-15-22(32(26,2)3)16-28(20)36-31(37-11-13-41-14-12-37)35-23-6-8-25-29(17-23)34-19-38(30(25)39)10-9-21-5-7-24(40-4)18-27(21)33/h5-8,17-20,22,26,28H,9-16H2,1-4H3,(H,35,36). The van der Waals surface area contributed by atoms with Gasteiger partial charge in [-0.3, -0.25) is 9.36 Å². The molecule has 3 aromatic rings. The molecule has 9 heteroatoms. The molecule has 0 amide bonds. The van der Waals surface area contributed by atoms with Crippen LogP contribution in [0.15, 0.2) is 52.5 Å². The molecule has 7 nitrogen and oxygen atoms in total. The van der Waals surface area contributed by atoms with Gasteiger partial charge in [-0.05, 0) is 72.3 Å². The fraction of sp³-hybridized carbons (Fsp3) is 0.531. The highest BCUT2D eigenvalue weighted by atomic mass is 32.2. The molecule has 1 N–H and O–H groups in total. The van der Waals surface area contributed by atoms with Crippen molar-refractivity contribution in [3.8, 4) is 5.75 Å². The van der Waals surface area contributed by atoms with E-state index in [0.29, 0.717) is 52.6 Å². The van der Waals surface area contributed by atoms with Crippen LogP contribution in [0.5, 0.6) is 5.75 Å². The Bertz CT molecular complexity index is 1520. The Kier molecular flexibility index (Phi) is 7.74. The van der Waals surface area contributed by atoms with Crippen molar-refractivity contribution in [2.45, 2.75) is 52.6 Å². The van der Waals surface area contributed by atoms with E-state index in [1.807, 2.05) is 30.0 Å². The third kappa shape index (κ3) is 5.45. The highest BCUT2D eigenvalue weighted by Gasteiger charge is 2.56. The molecule has 4 atom stereocenters. The number of aryl methyl sites for hydroxylation is 2. The van der Waals surface area contributed by atoms with E-state index in [4.69, 9.17) is 9.73 Å². The SMILES string of the molecule is COc1ccc(CCn2cnc3cc(NC(=NC4CC5CC(C4C)C5(C)C)N4CCSCC4)ccc3c2=O)c(F)c1. The van der Waals surface area contributed by atoms with Crippen LogP contribution in [0.4, 0.5) is 10.1 Å². The summed E-state index contributed by atoms with van der Waals surface area (Å²) in [5.41, 5.74) is 2.35. The van der Waals surface area contributed by atoms with Crippen molar-refractivity contribution in [2.24, 2.45) is 28.2 Å². The number of hydrogen-bond donors (Lipinski definition) is 1. The number of ether oxygens (including phenoxy) is 1. The van der Waals surface area contributed by atoms with E-state index in [1.165, 1.54) is 19.6 Å². The quantitative estimate of drug-likeness (QED) is 0.301. The maximum absolute atomic E-state index is 14.4. The second-order valence-electron chi connectivity index (χ2n) is 12.4. The zero-order valence-corrected chi connectivity index (χ0v) is 25.2. The number of anilines is 1. The Morgan fingerprint density at radius 3 is 2.71 bits per heavy atom. The zero-order valence-electron chi connectivity index (χ0n) is 24.4. The van der Waals surface area contributed by atoms with Crippen LogP contribution in [0.25, 0.3) is 10.9 Å². The molecule has 2 aromatic carbocycles. The lowest BCUT2D eigenvalue weighted by Gasteiger charge is -2.61. The predicted molar refractivity (Wildman–Crippen MR) is 166 cm³/mol. The van der Waals surface area contributed by atoms with Gasteiger partial charge in [-0.2, -0.15) is 11.8 Å². The van der Waals surface area contributed by atoms with Gasteiger partial charge in [0, 0.05) is 42.9 Å². The van der Waals surface area contributed by atoms with E-state index < -0.39 is 0 Å². The van der Waals surface area contributed by atoms with Gasteiger partial charge in [-0.25, -0.2) is 14.4 Å². The second kappa shape index (κ2) is 11.3. The Hall–Kier alpha value is -3.07. The number of aliphatic imine (C=N–C) groups is 1. The van der Waals surface area contributed by atoms with Crippen molar-refractivity contribution in [1.29, 1.82) is 0 Å². The molecular weight excluding hydrogens is 537 g/mol. The lowest BCUT2D eigenvalue weighted by molar-refractivity contribution is -0.108. The van der Waals surface area contributed by atoms with Gasteiger partial charge in [0.25, 0.3) is 5.56 Å². The molecule has 3 saturated carbocycles. The summed E-state index contributed by atoms with van der Waals surface area (Å²) in [7, 11) is 1.51. The normalized spacial score (nSPS) is 25.6. The highest BCUT2D eigenvalue weighted by Crippen LogP contribution is 2.61. The number of methoxy groups -OCH3 is 1. The van der Waals surface area contributed by atoms with E-state index >= 15 is 0 Å². The lowest BCUT2D eigenvalue weighted by Crippen LogP contribution is -2.56. The highest BCUT2D eigenvalue weighted by molar-refractivity contribution is 7.99. The summed E-state index contributed by atoms with van der Waals surface area (Å²) in [6.45, 7) is 9.52. The number of guanidine groups is 1. The van der Waals surface area contributed by atoms with Gasteiger partial charge >= 0.3 is 0 Å². The maximum Gasteiger partial charge on any atom is 0.261 e. The van der Waals surface area contributed by atoms with E-state index in [9.17, 15) is 9.18 Å². The average Bonchev–Trinajstić information content (AvgIpc) is 2.98. The molecule has 4 fully saturated rings. The molecule has 41 heavy (non-hydrogen) atoms. The van der Waals surface area contributed by atoms with E-state index in [-0.39, 0.29) is 11.4 Å². The minimum absolute atomic E-state index is 0.129. The zero-order chi connectivity index (χ0) is 28.7. The Morgan fingerprint density at radius 2 is 2.00 bits per heavy atom. The van der Waals surface area contributed by atoms with E-state index in [1.54, 1.807) is 23.0 Å². The van der Waals surface area contributed by atoms with Crippen molar-refractivity contribution in [3.63, 3.8) is 0 Å². The number of hydrogen-bond acceptors (Lipinski definition) is 5. The summed E-state index contributed by atoms with van der Waals surface area (Å²) in [5, 5.41) is 4.17. The third-order valence-electron chi connectivity index (χ3n) is 9.88. The lowest BCUT2D eigenvalue weighted by atomic mass is 9.45. The van der Waals surface area contributed by atoms with Gasteiger partial charge in [-0.15, -0.1) is 0 Å². The summed E-state index contributed by atoms with van der Waals surface area (Å²) in [6, 6.07) is 10.8. The molecule has 3 aliphatic carbocycles. The fourth-order valence-corrected chi connectivity index (χ4v) is 7.94. The molecule has 2 bridgehead atoms. The molecule has 1 aliphatic heterocycles. The summed E-state index contributed by atoms with van der Waals surface area (Å²) in [4.78, 5) is 25.6. The molecule has 7 rings (SSSR count). The molecule has 4 unspecified atom stereocenters. The maximum atomic E-state index is 14.4. The van der Waals surface area contributed by atoms with Crippen LogP contribution in [-0.4, -0.2) is 58.2 Å². The first kappa shape index (κ1) is 28.1. The predicted octanol–water partition coefficient (Wildman–Crippen LogP) is 5.67. The second-order valence-corrected chi connectivity index (χ2v) is 13.6. The Balaban J connectivity index is 1.21. The number of aromatic nitrogens is 2. The van der Waals surface area contributed by atoms with Crippen LogP contribution in [0.2, 0.25) is 0 Å². The largest absolute Gasteiger partial charge is 0.497 e. The molecule has 1 aromatic heterocycles. The number of benzene rings is 2. The summed E-state index contributed by atoms with van der Waals surface area (Å²) in [6.07, 6.45) is 4.43. The van der Waals surface area contributed by atoms with Crippen molar-refractivity contribution in [2.75, 3.05) is 37.0 Å². The number of nitrogens with zero attached hydrogens (tertiary/aromatic N) is 4. The molecule has 0 spiro atoms. The summed E-state index contributed by atoms with van der Waals surface area (Å²) >= 11 is 1.99. The van der Waals surface area contributed by atoms with Crippen LogP contribution in [0.3, 0.4) is 0 Å². The molecule has 1 saturated heterocycles. The first-order valence-corrected chi connectivity index (χ1v) is 15.9. The first-order chi connectivity index (χ1) is 19.7. The van der Waals surface area contributed by atoms with Crippen molar-refractivity contribution < 1.29 is 9.13 Å². The van der Waals surface area contributed by atoms with Crippen molar-refractivity contribution in [3.05, 3.63) is 64.5 Å². The van der Waals surface area contributed by atoms with Crippen LogP contribution in [0, 0.1) is 29.0 Å². The van der Waals surface area contributed by atoms with Crippen LogP contribution in [-0.2, 0) is 13.0 Å². The first-order valence-electron chi connectivity index (χ1n) is 14.7. The monoisotopic (exact) mass is 577 g/mol. The minimum atomic E-state index is -0.338. The smallest absolute Gasteiger partial charge is 0.261 e. The number of nitrogens with one attached hydrogen (secondary N) is 1. The van der Waals surface area contributed by atoms with Gasteiger partial charge in [0.15, 0.2) is 5.96 Å². The van der Waals surface area contributed by atoms with Gasteiger partial charge in [0.1, 0.15) is 11.6 Å². The molecule has 0 radical (unpaired) electrons. The van der Waals surface area contributed by atoms with Gasteiger partial charge in [0.05, 0.1) is 30.4 Å².